The number of hydrogen-bond acceptors (Lipinski definition) is 7. The zero-order chi connectivity index (χ0) is 20.5. The Kier molecular flexibility index (Phi) is 4.72. The van der Waals surface area contributed by atoms with E-state index in [0.717, 1.165) is 0 Å². The van der Waals surface area contributed by atoms with Gasteiger partial charge in [-0.25, -0.2) is 9.59 Å². The number of nitrogens with two attached hydrogens (primary N) is 1. The van der Waals surface area contributed by atoms with Gasteiger partial charge < -0.3 is 24.4 Å². The molecule has 2 aromatic carbocycles. The molecule has 0 saturated heterocycles. The van der Waals surface area contributed by atoms with Crippen LogP contribution in [0.4, 0.5) is 0 Å². The van der Waals surface area contributed by atoms with Gasteiger partial charge in [0.15, 0.2) is 5.75 Å². The molecular formula is C22H19NO6. The fraction of sp³-hybridized carbons (Fsp3) is 0.182. The largest absolute Gasteiger partial charge is 0.497 e. The summed E-state index contributed by atoms with van der Waals surface area (Å²) in [4.78, 5) is 25.7. The number of methoxy groups -OCH3 is 1. The molecule has 148 valence electrons. The highest BCUT2D eigenvalue weighted by atomic mass is 16.5. The van der Waals surface area contributed by atoms with Crippen molar-refractivity contribution in [3.05, 3.63) is 81.5 Å². The SMILES string of the molecule is CCOC(=O)C1=C(N)Oc2c(c(=O)oc3ccccc23)C1c1cccc(OC)c1. The lowest BCUT2D eigenvalue weighted by Crippen LogP contribution is -2.31. The summed E-state index contributed by atoms with van der Waals surface area (Å²) in [5.74, 6) is -0.748. The molecular weight excluding hydrogens is 374 g/mol. The average Bonchev–Trinajstić information content (AvgIpc) is 2.73. The van der Waals surface area contributed by atoms with E-state index < -0.39 is 17.5 Å². The molecule has 0 spiro atoms. The predicted octanol–water partition coefficient (Wildman–Crippen LogP) is 3.06. The van der Waals surface area contributed by atoms with Crippen LogP contribution in [-0.2, 0) is 9.53 Å². The lowest BCUT2D eigenvalue weighted by atomic mass is 9.83. The first-order chi connectivity index (χ1) is 14.0. The minimum absolute atomic E-state index is 0.0511. The van der Waals surface area contributed by atoms with Crippen LogP contribution in [0.2, 0.25) is 0 Å². The second-order valence-corrected chi connectivity index (χ2v) is 6.44. The Bertz CT molecular complexity index is 1190. The summed E-state index contributed by atoms with van der Waals surface area (Å²) in [6.45, 7) is 1.84. The van der Waals surface area contributed by atoms with E-state index >= 15 is 0 Å². The molecule has 7 heteroatoms. The first-order valence-corrected chi connectivity index (χ1v) is 9.09. The Morgan fingerprint density at radius 3 is 2.72 bits per heavy atom. The molecule has 2 heterocycles. The van der Waals surface area contributed by atoms with Crippen LogP contribution in [0.15, 0.2) is 69.2 Å². The molecule has 1 atom stereocenters. The zero-order valence-electron chi connectivity index (χ0n) is 15.9. The molecule has 0 radical (unpaired) electrons. The van der Waals surface area contributed by atoms with E-state index in [0.29, 0.717) is 22.3 Å². The van der Waals surface area contributed by atoms with Gasteiger partial charge in [0.2, 0.25) is 5.88 Å². The monoisotopic (exact) mass is 393 g/mol. The van der Waals surface area contributed by atoms with Crippen molar-refractivity contribution in [1.82, 2.24) is 0 Å². The van der Waals surface area contributed by atoms with Gasteiger partial charge in [0, 0.05) is 0 Å². The molecule has 3 aromatic rings. The highest BCUT2D eigenvalue weighted by molar-refractivity contribution is 5.94. The van der Waals surface area contributed by atoms with Gasteiger partial charge in [-0.3, -0.25) is 0 Å². The minimum atomic E-state index is -0.825. The van der Waals surface area contributed by atoms with Crippen LogP contribution in [0.1, 0.15) is 24.0 Å². The molecule has 2 N–H and O–H groups in total. The third-order valence-electron chi connectivity index (χ3n) is 4.78. The molecule has 29 heavy (non-hydrogen) atoms. The normalized spacial score (nSPS) is 15.6. The molecule has 0 saturated carbocycles. The van der Waals surface area contributed by atoms with Crippen molar-refractivity contribution in [1.29, 1.82) is 0 Å². The summed E-state index contributed by atoms with van der Waals surface area (Å²) < 4.78 is 21.8. The zero-order valence-corrected chi connectivity index (χ0v) is 15.9. The van der Waals surface area contributed by atoms with Gasteiger partial charge in [0.1, 0.15) is 16.9 Å². The lowest BCUT2D eigenvalue weighted by molar-refractivity contribution is -0.139. The van der Waals surface area contributed by atoms with Gasteiger partial charge in [-0.05, 0) is 36.8 Å². The Balaban J connectivity index is 2.04. The van der Waals surface area contributed by atoms with Crippen molar-refractivity contribution in [2.24, 2.45) is 5.73 Å². The van der Waals surface area contributed by atoms with Gasteiger partial charge >= 0.3 is 11.6 Å². The maximum absolute atomic E-state index is 13.0. The van der Waals surface area contributed by atoms with E-state index in [4.69, 9.17) is 24.4 Å². The minimum Gasteiger partial charge on any atom is -0.497 e. The summed E-state index contributed by atoms with van der Waals surface area (Å²) in [6.07, 6.45) is 0. The topological polar surface area (TPSA) is 101 Å². The van der Waals surface area contributed by atoms with Gasteiger partial charge in [-0.1, -0.05) is 24.3 Å². The van der Waals surface area contributed by atoms with E-state index in [1.165, 1.54) is 7.11 Å². The highest BCUT2D eigenvalue weighted by Gasteiger charge is 2.39. The third kappa shape index (κ3) is 3.10. The number of benzene rings is 2. The van der Waals surface area contributed by atoms with E-state index in [1.807, 2.05) is 0 Å². The molecule has 7 nitrogen and oxygen atoms in total. The van der Waals surface area contributed by atoms with E-state index in [-0.39, 0.29) is 29.4 Å². The standard InChI is InChI=1S/C22H19NO6/c1-3-27-21(24)18-16(12-7-6-8-13(11-12)26-2)17-19(29-20(18)23)14-9-4-5-10-15(14)28-22(17)25/h4-11,16H,3,23H2,1-2H3. The van der Waals surface area contributed by atoms with Crippen molar-refractivity contribution in [2.45, 2.75) is 12.8 Å². The van der Waals surface area contributed by atoms with Crippen LogP contribution in [0.5, 0.6) is 11.5 Å². The summed E-state index contributed by atoms with van der Waals surface area (Å²) in [7, 11) is 1.54. The van der Waals surface area contributed by atoms with Gasteiger partial charge in [0.05, 0.1) is 30.6 Å². The Hall–Kier alpha value is -3.74. The van der Waals surface area contributed by atoms with Gasteiger partial charge in [0.25, 0.3) is 0 Å². The Morgan fingerprint density at radius 1 is 1.17 bits per heavy atom. The quantitative estimate of drug-likeness (QED) is 0.537. The molecule has 4 rings (SSSR count). The van der Waals surface area contributed by atoms with Crippen molar-refractivity contribution in [3.8, 4) is 11.5 Å². The Morgan fingerprint density at radius 2 is 1.97 bits per heavy atom. The summed E-state index contributed by atoms with van der Waals surface area (Å²) in [5, 5.41) is 0.584. The van der Waals surface area contributed by atoms with Crippen LogP contribution < -0.4 is 20.8 Å². The smallest absolute Gasteiger partial charge is 0.344 e. The first kappa shape index (κ1) is 18.6. The van der Waals surface area contributed by atoms with Crippen LogP contribution in [0.25, 0.3) is 11.0 Å². The number of esters is 1. The summed E-state index contributed by atoms with van der Waals surface area (Å²) in [6, 6.07) is 14.0. The number of hydrogen-bond donors (Lipinski definition) is 1. The number of fused-ring (bicyclic) bond motifs is 3. The molecule has 1 aliphatic heterocycles. The summed E-state index contributed by atoms with van der Waals surface area (Å²) in [5.41, 5.74) is 6.78. The molecule has 0 aliphatic carbocycles. The maximum atomic E-state index is 13.0. The van der Waals surface area contributed by atoms with Crippen LogP contribution in [-0.4, -0.2) is 19.7 Å². The number of carbonyl (C=O) groups excluding carboxylic acids is 1. The highest BCUT2D eigenvalue weighted by Crippen LogP contribution is 2.44. The predicted molar refractivity (Wildman–Crippen MR) is 106 cm³/mol. The number of rotatable bonds is 4. The van der Waals surface area contributed by atoms with Crippen molar-refractivity contribution >= 4 is 16.9 Å². The average molecular weight is 393 g/mol. The second kappa shape index (κ2) is 7.35. The maximum Gasteiger partial charge on any atom is 0.344 e. The molecule has 1 aromatic heterocycles. The Labute approximate surface area is 166 Å². The second-order valence-electron chi connectivity index (χ2n) is 6.44. The van der Waals surface area contributed by atoms with Crippen molar-refractivity contribution in [3.63, 3.8) is 0 Å². The number of para-hydroxylation sites is 1. The van der Waals surface area contributed by atoms with Crippen molar-refractivity contribution in [2.75, 3.05) is 13.7 Å². The van der Waals surface area contributed by atoms with E-state index in [2.05, 4.69) is 0 Å². The van der Waals surface area contributed by atoms with E-state index in [9.17, 15) is 9.59 Å². The molecule has 1 unspecified atom stereocenters. The first-order valence-electron chi connectivity index (χ1n) is 9.09. The number of ether oxygens (including phenoxy) is 3. The molecule has 1 aliphatic rings. The fourth-order valence-electron chi connectivity index (χ4n) is 3.53. The van der Waals surface area contributed by atoms with Crippen LogP contribution in [0, 0.1) is 0 Å². The van der Waals surface area contributed by atoms with E-state index in [1.54, 1.807) is 55.5 Å². The fourth-order valence-corrected chi connectivity index (χ4v) is 3.53. The van der Waals surface area contributed by atoms with Crippen LogP contribution in [0.3, 0.4) is 0 Å². The van der Waals surface area contributed by atoms with Crippen molar-refractivity contribution < 1.29 is 23.4 Å². The van der Waals surface area contributed by atoms with Gasteiger partial charge in [-0.15, -0.1) is 0 Å². The van der Waals surface area contributed by atoms with Crippen LogP contribution >= 0.6 is 0 Å². The summed E-state index contributed by atoms with van der Waals surface area (Å²) >= 11 is 0. The lowest BCUT2D eigenvalue weighted by Gasteiger charge is -2.28. The van der Waals surface area contributed by atoms with Gasteiger partial charge in [-0.2, -0.15) is 0 Å². The number of carbonyl (C=O) groups is 1. The molecule has 0 fully saturated rings. The third-order valence-corrected chi connectivity index (χ3v) is 4.78. The molecule has 0 bridgehead atoms. The molecule has 0 amide bonds.